The zero-order chi connectivity index (χ0) is 15.4. The Kier molecular flexibility index (Phi) is 5.10. The Morgan fingerprint density at radius 3 is 2.14 bits per heavy atom. The third kappa shape index (κ3) is 3.90. The van der Waals surface area contributed by atoms with Crippen LogP contribution in [0.25, 0.3) is 0 Å². The minimum absolute atomic E-state index is 0.188. The highest BCUT2D eigenvalue weighted by atomic mass is 35.5. The molecule has 4 heteroatoms. The van der Waals surface area contributed by atoms with Crippen molar-refractivity contribution in [3.05, 3.63) is 58.1 Å². The fourth-order valence-electron chi connectivity index (χ4n) is 2.12. The first-order valence-electron chi connectivity index (χ1n) is 6.80. The first kappa shape index (κ1) is 15.7. The molecule has 0 aliphatic rings. The zero-order valence-electron chi connectivity index (χ0n) is 12.5. The maximum absolute atomic E-state index is 6.15. The van der Waals surface area contributed by atoms with E-state index in [-0.39, 0.29) is 6.04 Å². The lowest BCUT2D eigenvalue weighted by atomic mass is 10.1. The van der Waals surface area contributed by atoms with Gasteiger partial charge in [0.25, 0.3) is 0 Å². The van der Waals surface area contributed by atoms with Crippen molar-refractivity contribution in [3.63, 3.8) is 0 Å². The molecule has 0 amide bonds. The highest BCUT2D eigenvalue weighted by Crippen LogP contribution is 2.26. The summed E-state index contributed by atoms with van der Waals surface area (Å²) in [5, 5.41) is 0.779. The molecule has 3 nitrogen and oxygen atoms in total. The number of halogens is 1. The van der Waals surface area contributed by atoms with Crippen LogP contribution in [-0.2, 0) is 0 Å². The maximum atomic E-state index is 6.15. The topological polar surface area (TPSA) is 44.5 Å². The van der Waals surface area contributed by atoms with Gasteiger partial charge in [-0.25, -0.2) is 0 Å². The van der Waals surface area contributed by atoms with Crippen molar-refractivity contribution in [3.8, 4) is 11.5 Å². The van der Waals surface area contributed by atoms with Crippen LogP contribution in [-0.4, -0.2) is 13.7 Å². The number of hydrogen-bond donors (Lipinski definition) is 1. The van der Waals surface area contributed by atoms with Gasteiger partial charge in [0.2, 0.25) is 0 Å². The summed E-state index contributed by atoms with van der Waals surface area (Å²) in [5.74, 6) is 1.61. The highest BCUT2D eigenvalue weighted by Gasteiger charge is 2.09. The summed E-state index contributed by atoms with van der Waals surface area (Å²) in [6.45, 7) is 4.34. The number of aryl methyl sites for hydroxylation is 2. The molecule has 0 spiro atoms. The standard InChI is InChI=1S/C17H20ClNO2/c1-11-8-15(9-12(2)17(11)18)21-10-16(19)13-4-6-14(20-3)7-5-13/h4-9,16H,10,19H2,1-3H3. The third-order valence-electron chi connectivity index (χ3n) is 3.38. The predicted octanol–water partition coefficient (Wildman–Crippen LogP) is 4.04. The SMILES string of the molecule is COc1ccc(C(N)COc2cc(C)c(Cl)c(C)c2)cc1. The second-order valence-electron chi connectivity index (χ2n) is 5.06. The van der Waals surface area contributed by atoms with Crippen molar-refractivity contribution in [2.45, 2.75) is 19.9 Å². The fraction of sp³-hybridized carbons (Fsp3) is 0.294. The highest BCUT2D eigenvalue weighted by molar-refractivity contribution is 6.32. The molecule has 2 rings (SSSR count). The molecule has 0 aliphatic carbocycles. The molecule has 0 fully saturated rings. The smallest absolute Gasteiger partial charge is 0.120 e. The molecule has 1 unspecified atom stereocenters. The monoisotopic (exact) mass is 305 g/mol. The van der Waals surface area contributed by atoms with Gasteiger partial charge in [0.15, 0.2) is 0 Å². The summed E-state index contributed by atoms with van der Waals surface area (Å²) < 4.78 is 10.9. The molecule has 0 aliphatic heterocycles. The van der Waals surface area contributed by atoms with Gasteiger partial charge < -0.3 is 15.2 Å². The molecule has 2 aromatic rings. The van der Waals surface area contributed by atoms with E-state index in [0.717, 1.165) is 33.2 Å². The van der Waals surface area contributed by atoms with Crippen LogP contribution >= 0.6 is 11.6 Å². The molecule has 0 saturated heterocycles. The summed E-state index contributed by atoms with van der Waals surface area (Å²) >= 11 is 6.14. The summed E-state index contributed by atoms with van der Waals surface area (Å²) in [5.41, 5.74) is 9.17. The Morgan fingerprint density at radius 2 is 1.62 bits per heavy atom. The number of benzene rings is 2. The van der Waals surface area contributed by atoms with Gasteiger partial charge in [0.05, 0.1) is 13.2 Å². The van der Waals surface area contributed by atoms with Gasteiger partial charge in [-0.2, -0.15) is 0 Å². The summed E-state index contributed by atoms with van der Waals surface area (Å²) in [6.07, 6.45) is 0. The van der Waals surface area contributed by atoms with E-state index in [1.807, 2.05) is 50.2 Å². The van der Waals surface area contributed by atoms with E-state index in [2.05, 4.69) is 0 Å². The molecule has 0 bridgehead atoms. The largest absolute Gasteiger partial charge is 0.497 e. The first-order valence-corrected chi connectivity index (χ1v) is 7.18. The van der Waals surface area contributed by atoms with E-state index < -0.39 is 0 Å². The predicted molar refractivity (Wildman–Crippen MR) is 86.3 cm³/mol. The van der Waals surface area contributed by atoms with E-state index in [4.69, 9.17) is 26.8 Å². The Hall–Kier alpha value is -1.71. The fourth-order valence-corrected chi connectivity index (χ4v) is 2.23. The lowest BCUT2D eigenvalue weighted by Gasteiger charge is -2.15. The van der Waals surface area contributed by atoms with Gasteiger partial charge in [-0.3, -0.25) is 0 Å². The number of methoxy groups -OCH3 is 1. The average Bonchev–Trinajstić information content (AvgIpc) is 2.50. The molecule has 0 saturated carbocycles. The van der Waals surface area contributed by atoms with Gasteiger partial charge >= 0.3 is 0 Å². The van der Waals surface area contributed by atoms with Gasteiger partial charge in [0.1, 0.15) is 18.1 Å². The Balaban J connectivity index is 2.01. The van der Waals surface area contributed by atoms with Crippen molar-refractivity contribution in [2.75, 3.05) is 13.7 Å². The van der Waals surface area contributed by atoms with Crippen LogP contribution in [0.15, 0.2) is 36.4 Å². The lowest BCUT2D eigenvalue weighted by Crippen LogP contribution is -2.19. The van der Waals surface area contributed by atoms with Crippen molar-refractivity contribution in [1.29, 1.82) is 0 Å². The minimum Gasteiger partial charge on any atom is -0.497 e. The lowest BCUT2D eigenvalue weighted by molar-refractivity contribution is 0.290. The zero-order valence-corrected chi connectivity index (χ0v) is 13.3. The number of rotatable bonds is 5. The summed E-state index contributed by atoms with van der Waals surface area (Å²) in [6, 6.07) is 11.4. The van der Waals surface area contributed by atoms with Crippen molar-refractivity contribution in [1.82, 2.24) is 0 Å². The van der Waals surface area contributed by atoms with Crippen LogP contribution < -0.4 is 15.2 Å². The number of nitrogens with two attached hydrogens (primary N) is 1. The van der Waals surface area contributed by atoms with Crippen LogP contribution in [0, 0.1) is 13.8 Å². The molecule has 0 radical (unpaired) electrons. The van der Waals surface area contributed by atoms with Gasteiger partial charge in [-0.05, 0) is 54.8 Å². The minimum atomic E-state index is -0.188. The Bertz CT molecular complexity index is 588. The molecular formula is C17H20ClNO2. The van der Waals surface area contributed by atoms with Crippen molar-refractivity contribution in [2.24, 2.45) is 5.73 Å². The molecule has 0 aromatic heterocycles. The second kappa shape index (κ2) is 6.83. The average molecular weight is 306 g/mol. The molecule has 112 valence electrons. The van der Waals surface area contributed by atoms with Crippen LogP contribution in [0.1, 0.15) is 22.7 Å². The molecule has 0 heterocycles. The second-order valence-corrected chi connectivity index (χ2v) is 5.44. The maximum Gasteiger partial charge on any atom is 0.120 e. The van der Waals surface area contributed by atoms with Gasteiger partial charge in [-0.1, -0.05) is 23.7 Å². The van der Waals surface area contributed by atoms with Crippen LogP contribution in [0.3, 0.4) is 0 Å². The van der Waals surface area contributed by atoms with Crippen molar-refractivity contribution >= 4 is 11.6 Å². The number of hydrogen-bond acceptors (Lipinski definition) is 3. The van der Waals surface area contributed by atoms with E-state index in [1.54, 1.807) is 7.11 Å². The summed E-state index contributed by atoms with van der Waals surface area (Å²) in [4.78, 5) is 0. The van der Waals surface area contributed by atoms with E-state index >= 15 is 0 Å². The molecular weight excluding hydrogens is 286 g/mol. The number of ether oxygens (including phenoxy) is 2. The normalized spacial score (nSPS) is 12.0. The van der Waals surface area contributed by atoms with Crippen molar-refractivity contribution < 1.29 is 9.47 Å². The quantitative estimate of drug-likeness (QED) is 0.906. The Morgan fingerprint density at radius 1 is 1.05 bits per heavy atom. The first-order chi connectivity index (χ1) is 10.0. The molecule has 2 aromatic carbocycles. The van der Waals surface area contributed by atoms with Gasteiger partial charge in [0, 0.05) is 5.02 Å². The van der Waals surface area contributed by atoms with E-state index in [0.29, 0.717) is 6.61 Å². The molecule has 1 atom stereocenters. The summed E-state index contributed by atoms with van der Waals surface area (Å²) in [7, 11) is 1.64. The Labute approximate surface area is 130 Å². The molecule has 2 N–H and O–H groups in total. The van der Waals surface area contributed by atoms with Crippen LogP contribution in [0.4, 0.5) is 0 Å². The van der Waals surface area contributed by atoms with Gasteiger partial charge in [-0.15, -0.1) is 0 Å². The molecule has 21 heavy (non-hydrogen) atoms. The van der Waals surface area contributed by atoms with Crippen LogP contribution in [0.5, 0.6) is 11.5 Å². The van der Waals surface area contributed by atoms with E-state index in [1.165, 1.54) is 0 Å². The third-order valence-corrected chi connectivity index (χ3v) is 3.98. The van der Waals surface area contributed by atoms with E-state index in [9.17, 15) is 0 Å². The van der Waals surface area contributed by atoms with Crippen LogP contribution in [0.2, 0.25) is 5.02 Å².